The number of halogens is 1. The predicted molar refractivity (Wildman–Crippen MR) is 139 cm³/mol. The van der Waals surface area contributed by atoms with E-state index in [0.717, 1.165) is 36.5 Å². The van der Waals surface area contributed by atoms with Gasteiger partial charge in [0.15, 0.2) is 5.96 Å². The highest BCUT2D eigenvalue weighted by Crippen LogP contribution is 2.12. The molecule has 0 saturated heterocycles. The molecule has 0 aliphatic carbocycles. The van der Waals surface area contributed by atoms with Crippen molar-refractivity contribution >= 4 is 36.0 Å². The molecular formula is C23H37IN6O2. The fourth-order valence-corrected chi connectivity index (χ4v) is 2.95. The second-order valence-corrected chi connectivity index (χ2v) is 8.63. The minimum Gasteiger partial charge on any atom is -0.444 e. The first kappa shape index (κ1) is 27.7. The van der Waals surface area contributed by atoms with Gasteiger partial charge < -0.3 is 20.3 Å². The number of carbonyl (C=O) groups excluding carboxylic acids is 1. The quantitative estimate of drug-likeness (QED) is 0.224. The average Bonchev–Trinajstić information content (AvgIpc) is 3.12. The maximum absolute atomic E-state index is 12.1. The maximum Gasteiger partial charge on any atom is 0.410 e. The molecule has 0 aliphatic rings. The largest absolute Gasteiger partial charge is 0.444 e. The van der Waals surface area contributed by atoms with E-state index in [1.807, 2.05) is 57.0 Å². The van der Waals surface area contributed by atoms with Gasteiger partial charge in [-0.25, -0.2) is 4.79 Å². The van der Waals surface area contributed by atoms with Crippen LogP contribution in [0.15, 0.2) is 41.7 Å². The third kappa shape index (κ3) is 10.3. The van der Waals surface area contributed by atoms with Crippen LogP contribution in [0, 0.1) is 0 Å². The molecule has 0 bridgehead atoms. The van der Waals surface area contributed by atoms with Gasteiger partial charge in [0, 0.05) is 47.0 Å². The van der Waals surface area contributed by atoms with E-state index < -0.39 is 5.60 Å². The number of amides is 1. The number of guanidine groups is 1. The lowest BCUT2D eigenvalue weighted by atomic mass is 10.1. The molecule has 0 unspecified atom stereocenters. The van der Waals surface area contributed by atoms with Crippen molar-refractivity contribution in [2.45, 2.75) is 52.3 Å². The van der Waals surface area contributed by atoms with Crippen LogP contribution in [-0.4, -0.2) is 53.0 Å². The van der Waals surface area contributed by atoms with Crippen LogP contribution in [0.5, 0.6) is 0 Å². The Morgan fingerprint density at radius 1 is 1.16 bits per heavy atom. The fourth-order valence-electron chi connectivity index (χ4n) is 2.95. The Kier molecular flexibility index (Phi) is 11.5. The molecule has 1 aromatic heterocycles. The minimum atomic E-state index is -0.494. The Morgan fingerprint density at radius 2 is 1.81 bits per heavy atom. The summed E-state index contributed by atoms with van der Waals surface area (Å²) in [5.74, 6) is 0.778. The SMILES string of the molecule is CN=C(NCCCc1cnn(C)c1)NCc1ccc(CN(C)C(=O)OC(C)(C)C)cc1.I. The molecule has 0 radical (unpaired) electrons. The number of hydrogen-bond donors (Lipinski definition) is 2. The molecule has 2 aromatic rings. The Hall–Kier alpha value is -2.30. The van der Waals surface area contributed by atoms with E-state index in [4.69, 9.17) is 4.74 Å². The van der Waals surface area contributed by atoms with E-state index in [-0.39, 0.29) is 30.1 Å². The molecule has 0 aliphatic heterocycles. The monoisotopic (exact) mass is 556 g/mol. The first-order valence-electron chi connectivity index (χ1n) is 10.6. The lowest BCUT2D eigenvalue weighted by Crippen LogP contribution is -2.37. The summed E-state index contributed by atoms with van der Waals surface area (Å²) >= 11 is 0. The number of hydrogen-bond acceptors (Lipinski definition) is 4. The number of nitrogens with zero attached hydrogens (tertiary/aromatic N) is 4. The summed E-state index contributed by atoms with van der Waals surface area (Å²) in [4.78, 5) is 18.0. The third-order valence-corrected chi connectivity index (χ3v) is 4.52. The van der Waals surface area contributed by atoms with E-state index in [1.54, 1.807) is 19.0 Å². The van der Waals surface area contributed by atoms with Crippen molar-refractivity contribution in [3.05, 3.63) is 53.3 Å². The number of rotatable bonds is 8. The molecule has 0 spiro atoms. The molecule has 32 heavy (non-hydrogen) atoms. The zero-order chi connectivity index (χ0) is 22.9. The molecule has 2 rings (SSSR count). The van der Waals surface area contributed by atoms with Crippen molar-refractivity contribution < 1.29 is 9.53 Å². The summed E-state index contributed by atoms with van der Waals surface area (Å²) in [6.07, 6.45) is 5.62. The fraction of sp³-hybridized carbons (Fsp3) is 0.522. The zero-order valence-corrected chi connectivity index (χ0v) is 22.3. The van der Waals surface area contributed by atoms with Gasteiger partial charge in [-0.1, -0.05) is 24.3 Å². The van der Waals surface area contributed by atoms with Crippen molar-refractivity contribution in [3.8, 4) is 0 Å². The molecule has 0 atom stereocenters. The lowest BCUT2D eigenvalue weighted by Gasteiger charge is -2.24. The average molecular weight is 556 g/mol. The predicted octanol–water partition coefficient (Wildman–Crippen LogP) is 3.70. The molecule has 8 nitrogen and oxygen atoms in total. The number of aliphatic imine (C=N–C) groups is 1. The summed E-state index contributed by atoms with van der Waals surface area (Å²) in [7, 11) is 5.44. The van der Waals surface area contributed by atoms with Crippen LogP contribution in [0.4, 0.5) is 4.79 Å². The lowest BCUT2D eigenvalue weighted by molar-refractivity contribution is 0.0285. The van der Waals surface area contributed by atoms with Crippen molar-refractivity contribution in [3.63, 3.8) is 0 Å². The summed E-state index contributed by atoms with van der Waals surface area (Å²) < 4.78 is 7.22. The summed E-state index contributed by atoms with van der Waals surface area (Å²) in [6, 6.07) is 8.17. The smallest absolute Gasteiger partial charge is 0.410 e. The van der Waals surface area contributed by atoms with Crippen molar-refractivity contribution in [2.24, 2.45) is 12.0 Å². The number of benzene rings is 1. The molecule has 0 saturated carbocycles. The van der Waals surface area contributed by atoms with Gasteiger partial charge in [0.2, 0.25) is 0 Å². The summed E-state index contributed by atoms with van der Waals surface area (Å²) in [6.45, 7) is 7.61. The third-order valence-electron chi connectivity index (χ3n) is 4.52. The summed E-state index contributed by atoms with van der Waals surface area (Å²) in [5, 5.41) is 10.9. The highest BCUT2D eigenvalue weighted by Gasteiger charge is 2.19. The zero-order valence-electron chi connectivity index (χ0n) is 20.0. The van der Waals surface area contributed by atoms with Gasteiger partial charge in [0.05, 0.1) is 6.20 Å². The van der Waals surface area contributed by atoms with Crippen LogP contribution in [0.3, 0.4) is 0 Å². The Labute approximate surface area is 208 Å². The van der Waals surface area contributed by atoms with Crippen molar-refractivity contribution in [2.75, 3.05) is 20.6 Å². The van der Waals surface area contributed by atoms with Crippen LogP contribution >= 0.6 is 24.0 Å². The Bertz CT molecular complexity index is 858. The number of carbonyl (C=O) groups is 1. The molecule has 1 amide bonds. The van der Waals surface area contributed by atoms with Crippen LogP contribution in [0.1, 0.15) is 43.9 Å². The van der Waals surface area contributed by atoms with Crippen LogP contribution < -0.4 is 10.6 Å². The van der Waals surface area contributed by atoms with Crippen LogP contribution in [0.2, 0.25) is 0 Å². The van der Waals surface area contributed by atoms with Crippen molar-refractivity contribution in [1.29, 1.82) is 0 Å². The molecule has 0 fully saturated rings. The van der Waals surface area contributed by atoms with Gasteiger partial charge in [-0.15, -0.1) is 24.0 Å². The Balaban J connectivity index is 0.00000512. The maximum atomic E-state index is 12.1. The normalized spacial score (nSPS) is 11.5. The highest BCUT2D eigenvalue weighted by atomic mass is 127. The molecule has 2 N–H and O–H groups in total. The van der Waals surface area contributed by atoms with E-state index in [9.17, 15) is 4.79 Å². The van der Waals surface area contributed by atoms with Gasteiger partial charge in [-0.05, 0) is 50.3 Å². The topological polar surface area (TPSA) is 83.8 Å². The molecule has 9 heteroatoms. The van der Waals surface area contributed by atoms with Gasteiger partial charge in [0.25, 0.3) is 0 Å². The molecule has 178 valence electrons. The number of nitrogens with one attached hydrogen (secondary N) is 2. The van der Waals surface area contributed by atoms with E-state index in [1.165, 1.54) is 5.56 Å². The van der Waals surface area contributed by atoms with E-state index in [0.29, 0.717) is 13.1 Å². The standard InChI is InChI=1S/C23H36N6O2.HI/c1-23(2,3)31-22(30)28(5)16-19-11-9-18(10-12-19)14-26-21(24-4)25-13-7-8-20-15-27-29(6)17-20;/h9-12,15,17H,7-8,13-14,16H2,1-6H3,(H2,24,25,26);1H. The van der Waals surface area contributed by atoms with Gasteiger partial charge in [-0.3, -0.25) is 9.67 Å². The molecule has 1 aromatic carbocycles. The van der Waals surface area contributed by atoms with Gasteiger partial charge in [0.1, 0.15) is 5.60 Å². The first-order chi connectivity index (χ1) is 14.7. The minimum absolute atomic E-state index is 0. The van der Waals surface area contributed by atoms with Gasteiger partial charge in [-0.2, -0.15) is 5.10 Å². The highest BCUT2D eigenvalue weighted by molar-refractivity contribution is 14.0. The van der Waals surface area contributed by atoms with E-state index in [2.05, 4.69) is 32.9 Å². The van der Waals surface area contributed by atoms with Crippen molar-refractivity contribution in [1.82, 2.24) is 25.3 Å². The number of aryl methyl sites for hydroxylation is 2. The molecule has 1 heterocycles. The molecular weight excluding hydrogens is 519 g/mol. The number of ether oxygens (including phenoxy) is 1. The summed E-state index contributed by atoms with van der Waals surface area (Å²) in [5.41, 5.74) is 2.94. The first-order valence-corrected chi connectivity index (χ1v) is 10.6. The van der Waals surface area contributed by atoms with E-state index >= 15 is 0 Å². The van der Waals surface area contributed by atoms with Crippen LogP contribution in [-0.2, 0) is 31.3 Å². The van der Waals surface area contributed by atoms with Crippen LogP contribution in [0.25, 0.3) is 0 Å². The second kappa shape index (κ2) is 13.3. The number of aromatic nitrogens is 2. The van der Waals surface area contributed by atoms with Gasteiger partial charge >= 0.3 is 6.09 Å². The Morgan fingerprint density at radius 3 is 2.38 bits per heavy atom. The second-order valence-electron chi connectivity index (χ2n) is 8.63.